The zero-order valence-electron chi connectivity index (χ0n) is 12.6. The van der Waals surface area contributed by atoms with E-state index in [9.17, 15) is 0 Å². The topological polar surface area (TPSA) is 15.7 Å². The molecule has 0 radical (unpaired) electrons. The Bertz CT molecular complexity index is 257. The molecule has 3 nitrogen and oxygen atoms in total. The van der Waals surface area contributed by atoms with Gasteiger partial charge in [-0.15, -0.1) is 0 Å². The Balaban J connectivity index is 2.05. The number of piperazine rings is 1. The van der Waals surface area contributed by atoms with Gasteiger partial charge < -0.3 is 4.74 Å². The van der Waals surface area contributed by atoms with Gasteiger partial charge in [0.1, 0.15) is 0 Å². The lowest BCUT2D eigenvalue weighted by atomic mass is 9.91. The van der Waals surface area contributed by atoms with Crippen molar-refractivity contribution in [2.75, 3.05) is 33.4 Å². The zero-order valence-corrected chi connectivity index (χ0v) is 12.6. The molecule has 3 unspecified atom stereocenters. The largest absolute Gasteiger partial charge is 0.383 e. The Labute approximate surface area is 112 Å². The van der Waals surface area contributed by atoms with Crippen LogP contribution in [0, 0.1) is 5.92 Å². The molecule has 0 aliphatic carbocycles. The fourth-order valence-corrected chi connectivity index (χ4v) is 3.67. The maximum Gasteiger partial charge on any atom is 0.0615 e. The van der Waals surface area contributed by atoms with Gasteiger partial charge in [0.25, 0.3) is 0 Å². The van der Waals surface area contributed by atoms with E-state index in [-0.39, 0.29) is 0 Å². The molecule has 0 saturated carbocycles. The summed E-state index contributed by atoms with van der Waals surface area (Å²) in [5.41, 5.74) is 0. The number of rotatable bonds is 4. The van der Waals surface area contributed by atoms with E-state index in [1.807, 2.05) is 7.11 Å². The van der Waals surface area contributed by atoms with Crippen molar-refractivity contribution in [2.24, 2.45) is 5.92 Å². The maximum atomic E-state index is 5.37. The van der Waals surface area contributed by atoms with E-state index < -0.39 is 0 Å². The van der Waals surface area contributed by atoms with Gasteiger partial charge in [-0.3, -0.25) is 9.80 Å². The van der Waals surface area contributed by atoms with Crippen LogP contribution in [0.2, 0.25) is 0 Å². The molecule has 3 heteroatoms. The van der Waals surface area contributed by atoms with Gasteiger partial charge in [0.05, 0.1) is 6.61 Å². The van der Waals surface area contributed by atoms with Crippen LogP contribution in [-0.2, 0) is 4.74 Å². The van der Waals surface area contributed by atoms with Gasteiger partial charge in [-0.25, -0.2) is 0 Å². The molecule has 2 aliphatic rings. The molecule has 2 saturated heterocycles. The number of ether oxygens (including phenoxy) is 1. The molecule has 18 heavy (non-hydrogen) atoms. The van der Waals surface area contributed by atoms with Crippen molar-refractivity contribution in [1.29, 1.82) is 0 Å². The van der Waals surface area contributed by atoms with E-state index in [1.165, 1.54) is 38.9 Å². The lowest BCUT2D eigenvalue weighted by molar-refractivity contribution is -0.0411. The van der Waals surface area contributed by atoms with Crippen molar-refractivity contribution in [2.45, 2.75) is 58.2 Å². The summed E-state index contributed by atoms with van der Waals surface area (Å²) in [7, 11) is 1.82. The van der Waals surface area contributed by atoms with Gasteiger partial charge in [0.2, 0.25) is 0 Å². The van der Waals surface area contributed by atoms with E-state index in [4.69, 9.17) is 4.74 Å². The van der Waals surface area contributed by atoms with Gasteiger partial charge in [0, 0.05) is 38.3 Å². The van der Waals surface area contributed by atoms with Crippen molar-refractivity contribution in [1.82, 2.24) is 9.80 Å². The third-order valence-corrected chi connectivity index (χ3v) is 4.76. The highest BCUT2D eigenvalue weighted by atomic mass is 16.5. The van der Waals surface area contributed by atoms with Crippen molar-refractivity contribution < 1.29 is 4.74 Å². The third kappa shape index (κ3) is 3.06. The number of piperidine rings is 1. The standard InChI is InChI=1S/C15H30N2O/c1-12(2)15-10-16-8-6-5-7-14(16)9-17(15)13(3)11-18-4/h12-15H,5-11H2,1-4H3. The predicted octanol–water partition coefficient (Wildman–Crippen LogP) is 2.22. The summed E-state index contributed by atoms with van der Waals surface area (Å²) in [6.45, 7) is 11.7. The van der Waals surface area contributed by atoms with E-state index in [2.05, 4.69) is 30.6 Å². The van der Waals surface area contributed by atoms with Gasteiger partial charge >= 0.3 is 0 Å². The summed E-state index contributed by atoms with van der Waals surface area (Å²) in [6.07, 6.45) is 4.20. The molecule has 0 aromatic carbocycles. The summed E-state index contributed by atoms with van der Waals surface area (Å²) in [5.74, 6) is 0.729. The van der Waals surface area contributed by atoms with Crippen LogP contribution >= 0.6 is 0 Å². The molecule has 0 aromatic heterocycles. The lowest BCUT2D eigenvalue weighted by Crippen LogP contribution is -2.63. The summed E-state index contributed by atoms with van der Waals surface area (Å²) in [5, 5.41) is 0. The van der Waals surface area contributed by atoms with Crippen LogP contribution in [0.15, 0.2) is 0 Å². The smallest absolute Gasteiger partial charge is 0.0615 e. The summed E-state index contributed by atoms with van der Waals surface area (Å²) >= 11 is 0. The van der Waals surface area contributed by atoms with Crippen molar-refractivity contribution in [3.05, 3.63) is 0 Å². The number of methoxy groups -OCH3 is 1. The molecule has 2 rings (SSSR count). The Morgan fingerprint density at radius 2 is 1.94 bits per heavy atom. The second kappa shape index (κ2) is 6.36. The van der Waals surface area contributed by atoms with E-state index in [0.29, 0.717) is 12.1 Å². The third-order valence-electron chi connectivity index (χ3n) is 4.76. The number of hydrogen-bond donors (Lipinski definition) is 0. The minimum absolute atomic E-state index is 0.548. The summed E-state index contributed by atoms with van der Waals surface area (Å²) in [4.78, 5) is 5.45. The first-order valence-corrected chi connectivity index (χ1v) is 7.62. The molecular weight excluding hydrogens is 224 g/mol. The first-order chi connectivity index (χ1) is 8.63. The number of hydrogen-bond acceptors (Lipinski definition) is 3. The quantitative estimate of drug-likeness (QED) is 0.765. The monoisotopic (exact) mass is 254 g/mol. The summed E-state index contributed by atoms with van der Waals surface area (Å²) in [6, 6.07) is 2.05. The maximum absolute atomic E-state index is 5.37. The van der Waals surface area contributed by atoms with Gasteiger partial charge in [-0.2, -0.15) is 0 Å². The molecule has 106 valence electrons. The van der Waals surface area contributed by atoms with E-state index in [1.54, 1.807) is 0 Å². The van der Waals surface area contributed by atoms with Crippen LogP contribution in [0.4, 0.5) is 0 Å². The molecule has 2 heterocycles. The Hall–Kier alpha value is -0.120. The van der Waals surface area contributed by atoms with Crippen molar-refractivity contribution >= 4 is 0 Å². The molecule has 0 amide bonds. The molecule has 0 N–H and O–H groups in total. The first-order valence-electron chi connectivity index (χ1n) is 7.62. The predicted molar refractivity (Wildman–Crippen MR) is 75.9 cm³/mol. The molecular formula is C15H30N2O. The first kappa shape index (κ1) is 14.3. The molecule has 0 spiro atoms. The van der Waals surface area contributed by atoms with Gasteiger partial charge in [-0.05, 0) is 32.2 Å². The minimum atomic E-state index is 0.548. The molecule has 0 bridgehead atoms. The Morgan fingerprint density at radius 1 is 1.17 bits per heavy atom. The molecule has 2 aliphatic heterocycles. The fourth-order valence-electron chi connectivity index (χ4n) is 3.67. The summed E-state index contributed by atoms with van der Waals surface area (Å²) < 4.78 is 5.37. The van der Waals surface area contributed by atoms with E-state index in [0.717, 1.165) is 18.6 Å². The molecule has 2 fully saturated rings. The highest BCUT2D eigenvalue weighted by molar-refractivity contribution is 4.93. The second-order valence-corrected chi connectivity index (χ2v) is 6.46. The van der Waals surface area contributed by atoms with Crippen LogP contribution in [0.25, 0.3) is 0 Å². The molecule has 0 aromatic rings. The van der Waals surface area contributed by atoms with Crippen molar-refractivity contribution in [3.8, 4) is 0 Å². The average Bonchev–Trinajstić information content (AvgIpc) is 2.37. The normalized spacial score (nSPS) is 32.5. The molecule has 3 atom stereocenters. The van der Waals surface area contributed by atoms with Crippen LogP contribution in [0.3, 0.4) is 0 Å². The van der Waals surface area contributed by atoms with Crippen LogP contribution in [0.1, 0.15) is 40.0 Å². The van der Waals surface area contributed by atoms with E-state index >= 15 is 0 Å². The number of fused-ring (bicyclic) bond motifs is 1. The SMILES string of the molecule is COCC(C)N1CC2CCCCN2CC1C(C)C. The average molecular weight is 254 g/mol. The highest BCUT2D eigenvalue weighted by Gasteiger charge is 2.37. The fraction of sp³-hybridized carbons (Fsp3) is 1.00. The number of nitrogens with zero attached hydrogens (tertiary/aromatic N) is 2. The Morgan fingerprint density at radius 3 is 2.61 bits per heavy atom. The highest BCUT2D eigenvalue weighted by Crippen LogP contribution is 2.28. The van der Waals surface area contributed by atoms with Gasteiger partial charge in [-0.1, -0.05) is 20.3 Å². The van der Waals surface area contributed by atoms with Crippen LogP contribution < -0.4 is 0 Å². The lowest BCUT2D eigenvalue weighted by Gasteiger charge is -2.51. The van der Waals surface area contributed by atoms with Crippen LogP contribution in [-0.4, -0.2) is 61.3 Å². The van der Waals surface area contributed by atoms with Crippen molar-refractivity contribution in [3.63, 3.8) is 0 Å². The second-order valence-electron chi connectivity index (χ2n) is 6.46. The minimum Gasteiger partial charge on any atom is -0.383 e. The van der Waals surface area contributed by atoms with Crippen LogP contribution in [0.5, 0.6) is 0 Å². The van der Waals surface area contributed by atoms with Gasteiger partial charge in [0.15, 0.2) is 0 Å². The Kier molecular flexibility index (Phi) is 5.05. The zero-order chi connectivity index (χ0) is 13.1.